The van der Waals surface area contributed by atoms with Gasteiger partial charge in [0.05, 0.1) is 13.5 Å². The number of ether oxygens (including phenoxy) is 4. The summed E-state index contributed by atoms with van der Waals surface area (Å²) < 4.78 is 23.5. The second-order valence-electron chi connectivity index (χ2n) is 15.2. The van der Waals surface area contributed by atoms with E-state index in [2.05, 4.69) is 22.5 Å². The maximum Gasteiger partial charge on any atom is 0.328 e. The van der Waals surface area contributed by atoms with E-state index in [0.717, 1.165) is 35.7 Å². The molecule has 3 N–H and O–H groups in total. The molecule has 2 amide bonds. The van der Waals surface area contributed by atoms with Crippen molar-refractivity contribution in [3.05, 3.63) is 36.0 Å². The van der Waals surface area contributed by atoms with Gasteiger partial charge >= 0.3 is 11.9 Å². The molecular weight excluding hydrogens is 646 g/mol. The Morgan fingerprint density at radius 1 is 1.00 bits per heavy atom. The summed E-state index contributed by atoms with van der Waals surface area (Å²) in [5.41, 5.74) is 0.982. The number of para-hydroxylation sites is 1. The number of aromatic amines is 1. The fraction of sp³-hybridized carbons (Fsp3) is 0.676. The number of methoxy groups -OCH3 is 1. The van der Waals surface area contributed by atoms with Crippen LogP contribution in [0.2, 0.25) is 0 Å². The third-order valence-corrected chi connectivity index (χ3v) is 11.2. The van der Waals surface area contributed by atoms with E-state index in [0.29, 0.717) is 18.8 Å². The SMILES string of the molecule is COC(=O)[C@H](Cc1c[nH]c2ccccc12)NC(=O)[C@H](CC(C)C)NC(=O)CCC(=O)O[C@@H]1O[C@H]2O[C@@]3(C)CC[C@H]4[C@H](C)CC[C@@H]([C@@H]1C)[C@@]24OO3. The second kappa shape index (κ2) is 14.6. The van der Waals surface area contributed by atoms with Gasteiger partial charge in [0.15, 0.2) is 11.9 Å². The lowest BCUT2D eigenvalue weighted by molar-refractivity contribution is -0.576. The molecule has 7 rings (SSSR count). The van der Waals surface area contributed by atoms with Crippen LogP contribution in [0, 0.1) is 29.6 Å². The van der Waals surface area contributed by atoms with Gasteiger partial charge in [-0.25, -0.2) is 14.6 Å². The number of amides is 2. The van der Waals surface area contributed by atoms with Crippen LogP contribution in [0.1, 0.15) is 85.1 Å². The number of aromatic nitrogens is 1. The van der Waals surface area contributed by atoms with Gasteiger partial charge in [-0.2, -0.15) is 0 Å². The van der Waals surface area contributed by atoms with Crippen molar-refractivity contribution in [2.24, 2.45) is 29.6 Å². The van der Waals surface area contributed by atoms with E-state index in [1.165, 1.54) is 7.11 Å². The zero-order valence-corrected chi connectivity index (χ0v) is 29.8. The Hall–Kier alpha value is -3.52. The number of H-pyrrole nitrogens is 1. The molecule has 13 heteroatoms. The first-order chi connectivity index (χ1) is 23.8. The molecule has 0 unspecified atom stereocenters. The summed E-state index contributed by atoms with van der Waals surface area (Å²) in [6, 6.07) is 5.77. The third kappa shape index (κ3) is 7.15. The van der Waals surface area contributed by atoms with Crippen LogP contribution >= 0.6 is 0 Å². The standard InChI is InChI=1S/C37H51N3O10/c1-20(2)17-28(32(43)40-29(33(44)45-6)18-23-19-38-27-10-8-7-9-24(23)27)39-30(41)13-14-31(42)46-34-22(4)26-12-11-21(3)25-15-16-36(5)48-35(47-34)37(25,26)50-49-36/h7-10,19-22,25-26,28-29,34-35,38H,11-18H2,1-6H3,(H,39,41)(H,40,43)/t21-,22+,25+,26+,28+,29+,34-,35+,36-,37-/m1/s1. The molecule has 2 bridgehead atoms. The van der Waals surface area contributed by atoms with Crippen LogP contribution in [0.4, 0.5) is 0 Å². The molecular formula is C37H51N3O10. The van der Waals surface area contributed by atoms with E-state index in [1.807, 2.05) is 52.0 Å². The van der Waals surface area contributed by atoms with Gasteiger partial charge in [0, 0.05) is 48.2 Å². The molecule has 2 aromatic rings. The highest BCUT2D eigenvalue weighted by atomic mass is 17.3. The summed E-state index contributed by atoms with van der Waals surface area (Å²) in [4.78, 5) is 67.7. The second-order valence-corrected chi connectivity index (χ2v) is 15.2. The molecule has 5 heterocycles. The zero-order valence-electron chi connectivity index (χ0n) is 29.8. The molecule has 1 aromatic carbocycles. The van der Waals surface area contributed by atoms with Crippen LogP contribution in [0.3, 0.4) is 0 Å². The molecule has 5 aliphatic rings. The van der Waals surface area contributed by atoms with E-state index < -0.39 is 59.8 Å². The van der Waals surface area contributed by atoms with E-state index in [4.69, 9.17) is 28.7 Å². The van der Waals surface area contributed by atoms with Crippen molar-refractivity contribution in [3.63, 3.8) is 0 Å². The average molecular weight is 698 g/mol. The van der Waals surface area contributed by atoms with Crippen molar-refractivity contribution in [3.8, 4) is 0 Å². The van der Waals surface area contributed by atoms with Crippen molar-refractivity contribution < 1.29 is 47.9 Å². The first-order valence-corrected chi connectivity index (χ1v) is 18.0. The Morgan fingerprint density at radius 3 is 2.54 bits per heavy atom. The Morgan fingerprint density at radius 2 is 1.78 bits per heavy atom. The molecule has 13 nitrogen and oxygen atoms in total. The van der Waals surface area contributed by atoms with Crippen molar-refractivity contribution in [2.45, 2.75) is 122 Å². The molecule has 5 fully saturated rings. The third-order valence-electron chi connectivity index (χ3n) is 11.2. The van der Waals surface area contributed by atoms with E-state index in [-0.39, 0.29) is 42.9 Å². The monoisotopic (exact) mass is 697 g/mol. The van der Waals surface area contributed by atoms with Gasteiger partial charge in [-0.1, -0.05) is 45.9 Å². The molecule has 50 heavy (non-hydrogen) atoms. The number of rotatable bonds is 12. The number of esters is 2. The average Bonchev–Trinajstić information content (AvgIpc) is 3.35. The maximum absolute atomic E-state index is 13.5. The lowest BCUT2D eigenvalue weighted by Crippen LogP contribution is -2.70. The van der Waals surface area contributed by atoms with E-state index in [1.54, 1.807) is 6.20 Å². The number of carbonyl (C=O) groups excluding carboxylic acids is 4. The molecule has 274 valence electrons. The van der Waals surface area contributed by atoms with Crippen LogP contribution in [0.15, 0.2) is 30.5 Å². The Labute approximate surface area is 292 Å². The molecule has 4 aliphatic heterocycles. The van der Waals surface area contributed by atoms with Gasteiger partial charge in [0.25, 0.3) is 0 Å². The summed E-state index contributed by atoms with van der Waals surface area (Å²) in [5, 5.41) is 6.49. The van der Waals surface area contributed by atoms with Gasteiger partial charge in [-0.15, -0.1) is 0 Å². The molecule has 1 saturated carbocycles. The highest BCUT2D eigenvalue weighted by Gasteiger charge is 2.69. The maximum atomic E-state index is 13.5. The van der Waals surface area contributed by atoms with Crippen molar-refractivity contribution in [1.82, 2.24) is 15.6 Å². The fourth-order valence-corrected chi connectivity index (χ4v) is 8.51. The van der Waals surface area contributed by atoms with Crippen LogP contribution < -0.4 is 10.6 Å². The van der Waals surface area contributed by atoms with Crippen molar-refractivity contribution in [1.29, 1.82) is 0 Å². The molecule has 0 radical (unpaired) electrons. The minimum Gasteiger partial charge on any atom is -0.467 e. The first-order valence-electron chi connectivity index (χ1n) is 18.0. The van der Waals surface area contributed by atoms with Gasteiger partial charge in [0.1, 0.15) is 12.1 Å². The van der Waals surface area contributed by atoms with Crippen molar-refractivity contribution in [2.75, 3.05) is 7.11 Å². The Bertz CT molecular complexity index is 1580. The number of hydrogen-bond acceptors (Lipinski definition) is 10. The van der Waals surface area contributed by atoms with Crippen molar-refractivity contribution >= 4 is 34.7 Å². The van der Waals surface area contributed by atoms with Gasteiger partial charge in [-0.05, 0) is 62.0 Å². The Kier molecular flexibility index (Phi) is 10.6. The summed E-state index contributed by atoms with van der Waals surface area (Å²) in [6.07, 6.45) is 3.74. The van der Waals surface area contributed by atoms with Crippen LogP contribution in [-0.4, -0.2) is 71.9 Å². The lowest BCUT2D eigenvalue weighted by atomic mass is 9.58. The number of hydrogen-bond donors (Lipinski definition) is 3. The van der Waals surface area contributed by atoms with Crippen LogP contribution in [0.5, 0.6) is 0 Å². The highest BCUT2D eigenvalue weighted by Crippen LogP contribution is 2.60. The number of nitrogens with one attached hydrogen (secondary N) is 3. The minimum absolute atomic E-state index is 0.00807. The largest absolute Gasteiger partial charge is 0.467 e. The molecule has 4 saturated heterocycles. The quantitative estimate of drug-likeness (QED) is 0.214. The lowest BCUT2D eigenvalue weighted by Gasteiger charge is -2.59. The minimum atomic E-state index is -0.972. The number of carbonyl (C=O) groups is 4. The topological polar surface area (TPSA) is 164 Å². The van der Waals surface area contributed by atoms with Gasteiger partial charge < -0.3 is 34.6 Å². The summed E-state index contributed by atoms with van der Waals surface area (Å²) in [6.45, 7) is 9.92. The molecule has 1 aromatic heterocycles. The Balaban J connectivity index is 1.05. The van der Waals surface area contributed by atoms with E-state index in [9.17, 15) is 19.2 Å². The fourth-order valence-electron chi connectivity index (χ4n) is 8.51. The first kappa shape index (κ1) is 36.3. The van der Waals surface area contributed by atoms with E-state index >= 15 is 0 Å². The summed E-state index contributed by atoms with van der Waals surface area (Å²) >= 11 is 0. The summed E-state index contributed by atoms with van der Waals surface area (Å²) in [5.74, 6) is -2.70. The predicted octanol–water partition coefficient (Wildman–Crippen LogP) is 4.43. The smallest absolute Gasteiger partial charge is 0.328 e. The van der Waals surface area contributed by atoms with Crippen LogP contribution in [-0.2, 0) is 54.3 Å². The molecule has 1 spiro atoms. The number of benzene rings is 1. The molecule has 10 atom stereocenters. The van der Waals surface area contributed by atoms with Crippen LogP contribution in [0.25, 0.3) is 10.9 Å². The normalized spacial score (nSPS) is 32.8. The highest BCUT2D eigenvalue weighted by molar-refractivity contribution is 5.92. The molecule has 1 aliphatic carbocycles. The van der Waals surface area contributed by atoms with Gasteiger partial charge in [0.2, 0.25) is 23.9 Å². The zero-order chi connectivity index (χ0) is 35.8. The predicted molar refractivity (Wildman–Crippen MR) is 179 cm³/mol. The van der Waals surface area contributed by atoms with Gasteiger partial charge in [-0.3, -0.25) is 14.4 Å². The summed E-state index contributed by atoms with van der Waals surface area (Å²) in [7, 11) is 1.27. The number of fused-ring (bicyclic) bond motifs is 3.